The van der Waals surface area contributed by atoms with Crippen molar-refractivity contribution >= 4 is 29.9 Å². The quantitative estimate of drug-likeness (QED) is 0.782. The van der Waals surface area contributed by atoms with Gasteiger partial charge in [-0.3, -0.25) is 4.79 Å². The van der Waals surface area contributed by atoms with E-state index in [2.05, 4.69) is 12.6 Å². The molecule has 1 aromatic rings. The van der Waals surface area contributed by atoms with Crippen molar-refractivity contribution < 1.29 is 9.53 Å². The summed E-state index contributed by atoms with van der Waals surface area (Å²) in [6, 6.07) is 1.82. The summed E-state index contributed by atoms with van der Waals surface area (Å²) in [6.07, 6.45) is 0. The van der Waals surface area contributed by atoms with Crippen molar-refractivity contribution in [2.75, 3.05) is 19.7 Å². The van der Waals surface area contributed by atoms with Gasteiger partial charge in [0.15, 0.2) is 0 Å². The summed E-state index contributed by atoms with van der Waals surface area (Å²) in [5.74, 6) is 0.0849. The molecule has 1 saturated heterocycles. The second kappa shape index (κ2) is 4.39. The summed E-state index contributed by atoms with van der Waals surface area (Å²) >= 11 is 5.66. The standard InChI is InChI=1S/C11H15NO2S2/c1-11(2)7-12(3-4-14-11)10(13)9-5-8(15)6-16-9/h5-6,15H,3-4,7H2,1-2H3. The SMILES string of the molecule is CC1(C)CN(C(=O)c2cc(S)cs2)CCO1. The van der Waals surface area contributed by atoms with E-state index in [1.165, 1.54) is 11.3 Å². The Labute approximate surface area is 105 Å². The molecular weight excluding hydrogens is 242 g/mol. The van der Waals surface area contributed by atoms with Crippen molar-refractivity contribution in [3.8, 4) is 0 Å². The van der Waals surface area contributed by atoms with Crippen LogP contribution in [-0.2, 0) is 4.74 Å². The number of morpholine rings is 1. The number of thiol groups is 1. The minimum atomic E-state index is -0.241. The van der Waals surface area contributed by atoms with E-state index in [1.54, 1.807) is 0 Å². The molecular formula is C11H15NO2S2. The number of hydrogen-bond acceptors (Lipinski definition) is 4. The highest BCUT2D eigenvalue weighted by Gasteiger charge is 2.30. The van der Waals surface area contributed by atoms with E-state index in [1.807, 2.05) is 30.2 Å². The summed E-state index contributed by atoms with van der Waals surface area (Å²) < 4.78 is 5.58. The summed E-state index contributed by atoms with van der Waals surface area (Å²) in [4.78, 5) is 15.6. The Morgan fingerprint density at radius 3 is 2.94 bits per heavy atom. The summed E-state index contributed by atoms with van der Waals surface area (Å²) in [6.45, 7) is 5.93. The van der Waals surface area contributed by atoms with Gasteiger partial charge in [-0.1, -0.05) is 0 Å². The monoisotopic (exact) mass is 257 g/mol. The van der Waals surface area contributed by atoms with Crippen LogP contribution in [0.1, 0.15) is 23.5 Å². The van der Waals surface area contributed by atoms with Gasteiger partial charge in [-0.25, -0.2) is 0 Å². The van der Waals surface area contributed by atoms with Crippen molar-refractivity contribution in [1.29, 1.82) is 0 Å². The molecule has 0 radical (unpaired) electrons. The van der Waals surface area contributed by atoms with E-state index in [-0.39, 0.29) is 11.5 Å². The van der Waals surface area contributed by atoms with Crippen LogP contribution in [0.15, 0.2) is 16.3 Å². The van der Waals surface area contributed by atoms with Crippen molar-refractivity contribution in [2.45, 2.75) is 24.3 Å². The van der Waals surface area contributed by atoms with E-state index < -0.39 is 0 Å². The molecule has 0 spiro atoms. The Kier molecular flexibility index (Phi) is 3.28. The zero-order valence-electron chi connectivity index (χ0n) is 9.40. The van der Waals surface area contributed by atoms with E-state index in [0.29, 0.717) is 19.7 Å². The smallest absolute Gasteiger partial charge is 0.264 e. The lowest BCUT2D eigenvalue weighted by Gasteiger charge is -2.37. The third-order valence-corrected chi connectivity index (χ3v) is 3.86. The molecule has 0 unspecified atom stereocenters. The Balaban J connectivity index is 2.10. The number of amides is 1. The lowest BCUT2D eigenvalue weighted by atomic mass is 10.1. The fourth-order valence-corrected chi connectivity index (χ4v) is 2.90. The molecule has 2 heterocycles. The van der Waals surface area contributed by atoms with Crippen LogP contribution in [0, 0.1) is 0 Å². The molecule has 0 N–H and O–H groups in total. The maximum atomic E-state index is 12.1. The summed E-state index contributed by atoms with van der Waals surface area (Å²) in [5, 5.41) is 1.88. The van der Waals surface area contributed by atoms with Gasteiger partial charge in [-0.15, -0.1) is 24.0 Å². The molecule has 3 nitrogen and oxygen atoms in total. The van der Waals surface area contributed by atoms with Crippen LogP contribution in [0.4, 0.5) is 0 Å². The van der Waals surface area contributed by atoms with E-state index in [4.69, 9.17) is 4.74 Å². The number of nitrogens with zero attached hydrogens (tertiary/aromatic N) is 1. The van der Waals surface area contributed by atoms with Gasteiger partial charge in [0.25, 0.3) is 5.91 Å². The number of hydrogen-bond donors (Lipinski definition) is 1. The first-order valence-corrected chi connectivity index (χ1v) is 6.51. The molecule has 1 aliphatic heterocycles. The van der Waals surface area contributed by atoms with Crippen LogP contribution in [-0.4, -0.2) is 36.1 Å². The lowest BCUT2D eigenvalue weighted by Crippen LogP contribution is -2.50. The van der Waals surface area contributed by atoms with Gasteiger partial charge < -0.3 is 9.64 Å². The molecule has 16 heavy (non-hydrogen) atoms. The number of ether oxygens (including phenoxy) is 1. The summed E-state index contributed by atoms with van der Waals surface area (Å²) in [7, 11) is 0. The van der Waals surface area contributed by atoms with Crippen LogP contribution < -0.4 is 0 Å². The first-order valence-electron chi connectivity index (χ1n) is 5.19. The number of carbonyl (C=O) groups excluding carboxylic acids is 1. The third kappa shape index (κ3) is 2.59. The molecule has 0 saturated carbocycles. The molecule has 0 aromatic carbocycles. The molecule has 0 aliphatic carbocycles. The van der Waals surface area contributed by atoms with E-state index >= 15 is 0 Å². The maximum absolute atomic E-state index is 12.1. The second-order valence-corrected chi connectivity index (χ2v) is 5.93. The van der Waals surface area contributed by atoms with Gasteiger partial charge in [0.2, 0.25) is 0 Å². The largest absolute Gasteiger partial charge is 0.372 e. The molecule has 88 valence electrons. The normalized spacial score (nSPS) is 19.8. The topological polar surface area (TPSA) is 29.5 Å². The average molecular weight is 257 g/mol. The van der Waals surface area contributed by atoms with Crippen molar-refractivity contribution in [3.05, 3.63) is 16.3 Å². The van der Waals surface area contributed by atoms with Crippen molar-refractivity contribution in [1.82, 2.24) is 4.90 Å². The second-order valence-electron chi connectivity index (χ2n) is 4.50. The number of thiophene rings is 1. The Morgan fingerprint density at radius 1 is 1.62 bits per heavy atom. The van der Waals surface area contributed by atoms with Gasteiger partial charge in [-0.05, 0) is 19.9 Å². The predicted molar refractivity (Wildman–Crippen MR) is 67.5 cm³/mol. The van der Waals surface area contributed by atoms with E-state index in [9.17, 15) is 4.79 Å². The number of carbonyl (C=O) groups is 1. The van der Waals surface area contributed by atoms with Crippen molar-refractivity contribution in [3.63, 3.8) is 0 Å². The van der Waals surface area contributed by atoms with Gasteiger partial charge in [-0.2, -0.15) is 0 Å². The maximum Gasteiger partial charge on any atom is 0.264 e. The molecule has 1 aliphatic rings. The first-order chi connectivity index (χ1) is 7.48. The highest BCUT2D eigenvalue weighted by atomic mass is 32.1. The molecule has 1 fully saturated rings. The molecule has 1 aromatic heterocycles. The van der Waals surface area contributed by atoms with Crippen LogP contribution in [0.3, 0.4) is 0 Å². The highest BCUT2D eigenvalue weighted by Crippen LogP contribution is 2.23. The molecule has 5 heteroatoms. The number of rotatable bonds is 1. The van der Waals surface area contributed by atoms with Gasteiger partial charge in [0, 0.05) is 23.4 Å². The van der Waals surface area contributed by atoms with Crippen LogP contribution in [0.25, 0.3) is 0 Å². The highest BCUT2D eigenvalue weighted by molar-refractivity contribution is 7.80. The van der Waals surface area contributed by atoms with Gasteiger partial charge >= 0.3 is 0 Å². The minimum absolute atomic E-state index is 0.0849. The Hall–Kier alpha value is -0.520. The molecule has 0 bridgehead atoms. The van der Waals surface area contributed by atoms with Gasteiger partial charge in [0.05, 0.1) is 17.1 Å². The third-order valence-electron chi connectivity index (χ3n) is 2.51. The fourth-order valence-electron chi connectivity index (χ4n) is 1.78. The van der Waals surface area contributed by atoms with Crippen molar-refractivity contribution in [2.24, 2.45) is 0 Å². The minimum Gasteiger partial charge on any atom is -0.372 e. The Bertz CT molecular complexity index is 400. The zero-order valence-corrected chi connectivity index (χ0v) is 11.1. The first kappa shape index (κ1) is 12.0. The van der Waals surface area contributed by atoms with Crippen LogP contribution in [0.2, 0.25) is 0 Å². The lowest BCUT2D eigenvalue weighted by molar-refractivity contribution is -0.0763. The molecule has 1 amide bonds. The van der Waals surface area contributed by atoms with Crippen LogP contribution in [0.5, 0.6) is 0 Å². The summed E-state index contributed by atoms with van der Waals surface area (Å²) in [5.41, 5.74) is -0.241. The van der Waals surface area contributed by atoms with E-state index in [0.717, 1.165) is 9.77 Å². The predicted octanol–water partition coefficient (Wildman–Crippen LogP) is 2.29. The average Bonchev–Trinajstić information content (AvgIpc) is 2.62. The zero-order chi connectivity index (χ0) is 11.8. The van der Waals surface area contributed by atoms with Crippen LogP contribution >= 0.6 is 24.0 Å². The molecule has 2 rings (SSSR count). The fraction of sp³-hybridized carbons (Fsp3) is 0.545. The molecule has 0 atom stereocenters. The Morgan fingerprint density at radius 2 is 2.38 bits per heavy atom. The van der Waals surface area contributed by atoms with Gasteiger partial charge in [0.1, 0.15) is 0 Å².